The first-order valence-corrected chi connectivity index (χ1v) is 12.2. The van der Waals surface area contributed by atoms with Gasteiger partial charge in [0, 0.05) is 23.5 Å². The molecule has 6 aromatic rings. The van der Waals surface area contributed by atoms with Crippen LogP contribution in [0.5, 0.6) is 11.5 Å². The van der Waals surface area contributed by atoms with Gasteiger partial charge < -0.3 is 4.74 Å². The summed E-state index contributed by atoms with van der Waals surface area (Å²) < 4.78 is 6.42. The summed E-state index contributed by atoms with van der Waals surface area (Å²) in [5.74, 6) is 1.51. The second-order valence-corrected chi connectivity index (χ2v) is 8.75. The summed E-state index contributed by atoms with van der Waals surface area (Å²) in [6.45, 7) is 0. The Morgan fingerprint density at radius 2 is 1.00 bits per heavy atom. The average molecular weight is 477 g/mol. The van der Waals surface area contributed by atoms with Crippen molar-refractivity contribution < 1.29 is 4.74 Å². The number of nitrogens with zero attached hydrogens (tertiary/aromatic N) is 2. The fourth-order valence-electron chi connectivity index (χ4n) is 4.39. The van der Waals surface area contributed by atoms with Gasteiger partial charge in [-0.1, -0.05) is 78.9 Å². The zero-order valence-electron chi connectivity index (χ0n) is 20.2. The molecule has 2 heterocycles. The summed E-state index contributed by atoms with van der Waals surface area (Å²) in [7, 11) is 0. The van der Waals surface area contributed by atoms with Gasteiger partial charge >= 0.3 is 0 Å². The molecule has 0 saturated heterocycles. The molecule has 0 radical (unpaired) electrons. The number of benzene rings is 4. The van der Waals surface area contributed by atoms with E-state index in [1.165, 1.54) is 0 Å². The maximum Gasteiger partial charge on any atom is 0.128 e. The molecule has 0 fully saturated rings. The van der Waals surface area contributed by atoms with E-state index in [0.29, 0.717) is 0 Å². The molecule has 3 heteroatoms. The summed E-state index contributed by atoms with van der Waals surface area (Å²) >= 11 is 0. The van der Waals surface area contributed by atoms with Gasteiger partial charge in [-0.15, -0.1) is 0 Å². The summed E-state index contributed by atoms with van der Waals surface area (Å²) in [4.78, 5) is 9.18. The Kier molecular flexibility index (Phi) is 6.25. The molecule has 0 aliphatic rings. The van der Waals surface area contributed by atoms with Gasteiger partial charge in [-0.05, 0) is 76.9 Å². The normalized spacial score (nSPS) is 10.7. The minimum Gasteiger partial charge on any atom is -0.457 e. The summed E-state index contributed by atoms with van der Waals surface area (Å²) in [5.41, 5.74) is 8.29. The zero-order chi connectivity index (χ0) is 24.9. The summed E-state index contributed by atoms with van der Waals surface area (Å²) in [6.07, 6.45) is 3.67. The lowest BCUT2D eigenvalue weighted by Crippen LogP contribution is -1.91. The maximum absolute atomic E-state index is 6.42. The van der Waals surface area contributed by atoms with Crippen molar-refractivity contribution >= 4 is 0 Å². The molecule has 37 heavy (non-hydrogen) atoms. The molecule has 0 saturated carbocycles. The highest BCUT2D eigenvalue weighted by atomic mass is 16.5. The van der Waals surface area contributed by atoms with Crippen molar-refractivity contribution in [3.63, 3.8) is 0 Å². The van der Waals surface area contributed by atoms with Gasteiger partial charge in [0.2, 0.25) is 0 Å². The Hall–Kier alpha value is -5.02. The number of aromatic nitrogens is 2. The molecule has 0 amide bonds. The Labute approximate surface area is 216 Å². The van der Waals surface area contributed by atoms with Crippen molar-refractivity contribution in [3.05, 3.63) is 146 Å². The number of hydrogen-bond donors (Lipinski definition) is 0. The molecule has 0 atom stereocenters. The quantitative estimate of drug-likeness (QED) is 0.241. The van der Waals surface area contributed by atoms with Gasteiger partial charge in [-0.2, -0.15) is 0 Å². The van der Waals surface area contributed by atoms with Gasteiger partial charge in [-0.3, -0.25) is 9.97 Å². The van der Waals surface area contributed by atoms with Crippen molar-refractivity contribution in [1.29, 1.82) is 0 Å². The Balaban J connectivity index is 1.41. The van der Waals surface area contributed by atoms with E-state index in [1.54, 1.807) is 6.20 Å². The third kappa shape index (κ3) is 5.16. The molecule has 0 aliphatic carbocycles. The van der Waals surface area contributed by atoms with Crippen LogP contribution in [0.2, 0.25) is 0 Å². The molecule has 4 aromatic carbocycles. The maximum atomic E-state index is 6.42. The number of hydrogen-bond acceptors (Lipinski definition) is 3. The largest absolute Gasteiger partial charge is 0.457 e. The van der Waals surface area contributed by atoms with E-state index in [1.807, 2.05) is 79.0 Å². The van der Waals surface area contributed by atoms with Crippen LogP contribution in [-0.4, -0.2) is 9.97 Å². The van der Waals surface area contributed by atoms with Crippen molar-refractivity contribution in [1.82, 2.24) is 9.97 Å². The lowest BCUT2D eigenvalue weighted by Gasteiger charge is -2.13. The standard InChI is InChI=1S/C34H24N2O/c1-3-10-25(11-4-1)27-17-19-36-34(24-27)30-20-29(26-12-5-2-6-13-26)22-32(23-30)37-31-15-9-14-28(21-31)33-16-7-8-18-35-33/h1-24H. The lowest BCUT2D eigenvalue weighted by atomic mass is 9.99. The highest BCUT2D eigenvalue weighted by Crippen LogP contribution is 2.35. The topological polar surface area (TPSA) is 35.0 Å². The molecule has 2 aromatic heterocycles. The second kappa shape index (κ2) is 10.3. The molecule has 3 nitrogen and oxygen atoms in total. The van der Waals surface area contributed by atoms with E-state index in [0.717, 1.165) is 56.3 Å². The van der Waals surface area contributed by atoms with Crippen LogP contribution in [0, 0.1) is 0 Å². The summed E-state index contributed by atoms with van der Waals surface area (Å²) in [6, 6.07) is 45.1. The van der Waals surface area contributed by atoms with E-state index in [-0.39, 0.29) is 0 Å². The average Bonchev–Trinajstić information content (AvgIpc) is 2.99. The predicted molar refractivity (Wildman–Crippen MR) is 150 cm³/mol. The van der Waals surface area contributed by atoms with Gasteiger partial charge in [0.1, 0.15) is 11.5 Å². The fraction of sp³-hybridized carbons (Fsp3) is 0. The first kappa shape index (κ1) is 22.4. The minimum absolute atomic E-state index is 0.751. The Morgan fingerprint density at radius 1 is 0.351 bits per heavy atom. The van der Waals surface area contributed by atoms with Gasteiger partial charge in [-0.25, -0.2) is 0 Å². The molecular weight excluding hydrogens is 452 g/mol. The third-order valence-corrected chi connectivity index (χ3v) is 6.21. The van der Waals surface area contributed by atoms with Crippen molar-refractivity contribution in [2.24, 2.45) is 0 Å². The Morgan fingerprint density at radius 3 is 1.76 bits per heavy atom. The van der Waals surface area contributed by atoms with E-state index in [2.05, 4.69) is 65.6 Å². The van der Waals surface area contributed by atoms with Crippen LogP contribution in [0.1, 0.15) is 0 Å². The Bertz CT molecular complexity index is 1630. The van der Waals surface area contributed by atoms with Gasteiger partial charge in [0.25, 0.3) is 0 Å². The van der Waals surface area contributed by atoms with Crippen LogP contribution >= 0.6 is 0 Å². The monoisotopic (exact) mass is 476 g/mol. The molecule has 0 N–H and O–H groups in total. The molecule has 0 aliphatic heterocycles. The molecule has 0 unspecified atom stereocenters. The van der Waals surface area contributed by atoms with Crippen LogP contribution in [0.3, 0.4) is 0 Å². The van der Waals surface area contributed by atoms with E-state index >= 15 is 0 Å². The third-order valence-electron chi connectivity index (χ3n) is 6.21. The van der Waals surface area contributed by atoms with Gasteiger partial charge in [0.05, 0.1) is 11.4 Å². The van der Waals surface area contributed by atoms with Crippen molar-refractivity contribution in [2.75, 3.05) is 0 Å². The highest BCUT2D eigenvalue weighted by molar-refractivity contribution is 5.76. The molecular formula is C34H24N2O. The number of ether oxygens (including phenoxy) is 1. The van der Waals surface area contributed by atoms with E-state index in [4.69, 9.17) is 9.72 Å². The molecule has 0 spiro atoms. The number of rotatable bonds is 6. The van der Waals surface area contributed by atoms with E-state index < -0.39 is 0 Å². The van der Waals surface area contributed by atoms with Crippen LogP contribution in [-0.2, 0) is 0 Å². The van der Waals surface area contributed by atoms with Gasteiger partial charge in [0.15, 0.2) is 0 Å². The van der Waals surface area contributed by atoms with Crippen LogP contribution in [0.25, 0.3) is 44.8 Å². The van der Waals surface area contributed by atoms with Crippen LogP contribution < -0.4 is 4.74 Å². The first-order valence-electron chi connectivity index (χ1n) is 12.2. The predicted octanol–water partition coefficient (Wildman–Crippen LogP) is 8.94. The first-order chi connectivity index (χ1) is 18.3. The summed E-state index contributed by atoms with van der Waals surface area (Å²) in [5, 5.41) is 0. The van der Waals surface area contributed by atoms with E-state index in [9.17, 15) is 0 Å². The zero-order valence-corrected chi connectivity index (χ0v) is 20.2. The number of pyridine rings is 2. The highest BCUT2D eigenvalue weighted by Gasteiger charge is 2.10. The van der Waals surface area contributed by atoms with Crippen molar-refractivity contribution in [3.8, 4) is 56.3 Å². The second-order valence-electron chi connectivity index (χ2n) is 8.75. The molecule has 176 valence electrons. The SMILES string of the molecule is c1ccc(-c2cc(Oc3cccc(-c4ccccn4)c3)cc(-c3cc(-c4ccccc4)ccn3)c2)cc1. The molecule has 6 rings (SSSR count). The van der Waals surface area contributed by atoms with Crippen LogP contribution in [0.15, 0.2) is 146 Å². The van der Waals surface area contributed by atoms with Crippen molar-refractivity contribution in [2.45, 2.75) is 0 Å². The van der Waals surface area contributed by atoms with Crippen LogP contribution in [0.4, 0.5) is 0 Å². The fourth-order valence-corrected chi connectivity index (χ4v) is 4.39. The molecule has 0 bridgehead atoms. The minimum atomic E-state index is 0.751. The smallest absolute Gasteiger partial charge is 0.128 e. The lowest BCUT2D eigenvalue weighted by molar-refractivity contribution is 0.483.